The summed E-state index contributed by atoms with van der Waals surface area (Å²) >= 11 is 0. The highest BCUT2D eigenvalue weighted by Crippen LogP contribution is 2.20. The van der Waals surface area contributed by atoms with Crippen LogP contribution in [0.5, 0.6) is 0 Å². The number of aliphatic hydroxyl groups is 1. The standard InChI is InChI=1S/C14H30N2O/c1-5-16-8-6-7-14(9-16)13(4)15-12(3)11(2)10-17/h11-15,17H,5-10H2,1-4H3. The van der Waals surface area contributed by atoms with Crippen molar-refractivity contribution < 1.29 is 5.11 Å². The third-order valence-corrected chi connectivity index (χ3v) is 4.36. The molecule has 1 aliphatic heterocycles. The molecule has 0 aromatic heterocycles. The second kappa shape index (κ2) is 7.34. The molecule has 102 valence electrons. The van der Waals surface area contributed by atoms with E-state index in [4.69, 9.17) is 5.11 Å². The lowest BCUT2D eigenvalue weighted by Gasteiger charge is -2.37. The molecule has 1 heterocycles. The zero-order chi connectivity index (χ0) is 12.8. The van der Waals surface area contributed by atoms with Crippen molar-refractivity contribution in [2.45, 2.75) is 52.6 Å². The molecule has 3 heteroatoms. The Morgan fingerprint density at radius 3 is 2.65 bits per heavy atom. The Bertz CT molecular complexity index is 210. The maximum absolute atomic E-state index is 9.16. The van der Waals surface area contributed by atoms with Gasteiger partial charge in [0.25, 0.3) is 0 Å². The van der Waals surface area contributed by atoms with Gasteiger partial charge in [-0.05, 0) is 51.6 Å². The largest absolute Gasteiger partial charge is 0.396 e. The quantitative estimate of drug-likeness (QED) is 0.744. The summed E-state index contributed by atoms with van der Waals surface area (Å²) in [6, 6.07) is 0.945. The van der Waals surface area contributed by atoms with Crippen LogP contribution in [0.25, 0.3) is 0 Å². The molecule has 0 aromatic rings. The van der Waals surface area contributed by atoms with Crippen LogP contribution in [-0.2, 0) is 0 Å². The lowest BCUT2D eigenvalue weighted by molar-refractivity contribution is 0.141. The van der Waals surface area contributed by atoms with Gasteiger partial charge in [-0.25, -0.2) is 0 Å². The number of nitrogens with zero attached hydrogens (tertiary/aromatic N) is 1. The van der Waals surface area contributed by atoms with Gasteiger partial charge in [0.15, 0.2) is 0 Å². The molecule has 1 fully saturated rings. The lowest BCUT2D eigenvalue weighted by atomic mass is 9.90. The first-order valence-electron chi connectivity index (χ1n) is 7.17. The average molecular weight is 242 g/mol. The molecule has 0 bridgehead atoms. The van der Waals surface area contributed by atoms with Crippen LogP contribution in [0.1, 0.15) is 40.5 Å². The predicted molar refractivity (Wildman–Crippen MR) is 73.1 cm³/mol. The second-order valence-electron chi connectivity index (χ2n) is 5.70. The van der Waals surface area contributed by atoms with E-state index in [1.807, 2.05) is 0 Å². The maximum Gasteiger partial charge on any atom is 0.0471 e. The van der Waals surface area contributed by atoms with Gasteiger partial charge in [0.05, 0.1) is 0 Å². The van der Waals surface area contributed by atoms with Crippen LogP contribution in [-0.4, -0.2) is 48.3 Å². The molecule has 1 rings (SSSR count). The minimum Gasteiger partial charge on any atom is -0.396 e. The summed E-state index contributed by atoms with van der Waals surface area (Å²) in [7, 11) is 0. The SMILES string of the molecule is CCN1CCCC(C(C)NC(C)C(C)CO)C1. The summed E-state index contributed by atoms with van der Waals surface area (Å²) in [5, 5.41) is 12.8. The van der Waals surface area contributed by atoms with Crippen molar-refractivity contribution in [3.63, 3.8) is 0 Å². The molecule has 3 nitrogen and oxygen atoms in total. The van der Waals surface area contributed by atoms with Gasteiger partial charge in [0, 0.05) is 25.2 Å². The number of hydrogen-bond donors (Lipinski definition) is 2. The first-order valence-corrected chi connectivity index (χ1v) is 7.17. The molecule has 0 saturated carbocycles. The van der Waals surface area contributed by atoms with Gasteiger partial charge in [0.1, 0.15) is 0 Å². The van der Waals surface area contributed by atoms with E-state index in [-0.39, 0.29) is 6.61 Å². The van der Waals surface area contributed by atoms with Crippen molar-refractivity contribution in [1.29, 1.82) is 0 Å². The van der Waals surface area contributed by atoms with Gasteiger partial charge >= 0.3 is 0 Å². The number of likely N-dealkylation sites (tertiary alicyclic amines) is 1. The fourth-order valence-electron chi connectivity index (χ4n) is 2.66. The van der Waals surface area contributed by atoms with Crippen LogP contribution >= 0.6 is 0 Å². The summed E-state index contributed by atoms with van der Waals surface area (Å²) < 4.78 is 0. The van der Waals surface area contributed by atoms with Gasteiger partial charge in [-0.2, -0.15) is 0 Å². The van der Waals surface area contributed by atoms with E-state index in [1.54, 1.807) is 0 Å². The molecule has 0 aliphatic carbocycles. The van der Waals surface area contributed by atoms with Crippen molar-refractivity contribution in [3.8, 4) is 0 Å². The molecule has 2 N–H and O–H groups in total. The van der Waals surface area contributed by atoms with E-state index in [9.17, 15) is 0 Å². The molecular weight excluding hydrogens is 212 g/mol. The van der Waals surface area contributed by atoms with Crippen molar-refractivity contribution in [3.05, 3.63) is 0 Å². The summed E-state index contributed by atoms with van der Waals surface area (Å²) in [5.74, 6) is 1.10. The van der Waals surface area contributed by atoms with Crippen LogP contribution < -0.4 is 5.32 Å². The summed E-state index contributed by atoms with van der Waals surface area (Å²) in [6.45, 7) is 12.8. The molecule has 0 radical (unpaired) electrons. The molecule has 0 spiro atoms. The number of hydrogen-bond acceptors (Lipinski definition) is 3. The zero-order valence-electron chi connectivity index (χ0n) is 11.9. The van der Waals surface area contributed by atoms with Crippen LogP contribution in [0, 0.1) is 11.8 Å². The monoisotopic (exact) mass is 242 g/mol. The van der Waals surface area contributed by atoms with Gasteiger partial charge in [-0.1, -0.05) is 13.8 Å². The molecule has 17 heavy (non-hydrogen) atoms. The number of rotatable bonds is 6. The van der Waals surface area contributed by atoms with E-state index in [0.29, 0.717) is 18.0 Å². The van der Waals surface area contributed by atoms with E-state index in [1.165, 1.54) is 32.5 Å². The number of aliphatic hydroxyl groups excluding tert-OH is 1. The first-order chi connectivity index (χ1) is 8.08. The lowest BCUT2D eigenvalue weighted by Crippen LogP contribution is -2.48. The average Bonchev–Trinajstić information content (AvgIpc) is 2.37. The Morgan fingerprint density at radius 2 is 2.06 bits per heavy atom. The number of piperidine rings is 1. The van der Waals surface area contributed by atoms with E-state index < -0.39 is 0 Å². The normalized spacial score (nSPS) is 27.7. The molecule has 4 unspecified atom stereocenters. The predicted octanol–water partition coefficient (Wildman–Crippen LogP) is 1.71. The van der Waals surface area contributed by atoms with Crippen molar-refractivity contribution >= 4 is 0 Å². The molecule has 4 atom stereocenters. The third-order valence-electron chi connectivity index (χ3n) is 4.36. The topological polar surface area (TPSA) is 35.5 Å². The Morgan fingerprint density at radius 1 is 1.35 bits per heavy atom. The van der Waals surface area contributed by atoms with Gasteiger partial charge in [0.2, 0.25) is 0 Å². The van der Waals surface area contributed by atoms with E-state index in [2.05, 4.69) is 37.9 Å². The first kappa shape index (κ1) is 14.9. The molecule has 1 saturated heterocycles. The molecule has 1 aliphatic rings. The van der Waals surface area contributed by atoms with Gasteiger partial charge < -0.3 is 15.3 Å². The number of nitrogens with one attached hydrogen (secondary N) is 1. The Balaban J connectivity index is 2.38. The summed E-state index contributed by atoms with van der Waals surface area (Å²) in [5.41, 5.74) is 0. The fourth-order valence-corrected chi connectivity index (χ4v) is 2.66. The molecule has 0 amide bonds. The van der Waals surface area contributed by atoms with Crippen LogP contribution in [0.15, 0.2) is 0 Å². The highest BCUT2D eigenvalue weighted by molar-refractivity contribution is 4.82. The van der Waals surface area contributed by atoms with Crippen LogP contribution in [0.3, 0.4) is 0 Å². The van der Waals surface area contributed by atoms with Crippen molar-refractivity contribution in [2.24, 2.45) is 11.8 Å². The minimum atomic E-state index is 0.270. The Labute approximate surface area is 107 Å². The van der Waals surface area contributed by atoms with Crippen molar-refractivity contribution in [1.82, 2.24) is 10.2 Å². The van der Waals surface area contributed by atoms with Gasteiger partial charge in [-0.3, -0.25) is 0 Å². The second-order valence-corrected chi connectivity index (χ2v) is 5.70. The van der Waals surface area contributed by atoms with Gasteiger partial charge in [-0.15, -0.1) is 0 Å². The summed E-state index contributed by atoms with van der Waals surface area (Å²) in [4.78, 5) is 2.55. The fraction of sp³-hybridized carbons (Fsp3) is 1.00. The maximum atomic E-state index is 9.16. The van der Waals surface area contributed by atoms with E-state index >= 15 is 0 Å². The Hall–Kier alpha value is -0.120. The van der Waals surface area contributed by atoms with E-state index in [0.717, 1.165) is 5.92 Å². The van der Waals surface area contributed by atoms with Crippen LogP contribution in [0.2, 0.25) is 0 Å². The van der Waals surface area contributed by atoms with Crippen LogP contribution in [0.4, 0.5) is 0 Å². The Kier molecular flexibility index (Phi) is 6.45. The third kappa shape index (κ3) is 4.57. The molecular formula is C14H30N2O. The highest BCUT2D eigenvalue weighted by atomic mass is 16.3. The summed E-state index contributed by atoms with van der Waals surface area (Å²) in [6.07, 6.45) is 2.67. The van der Waals surface area contributed by atoms with Crippen molar-refractivity contribution in [2.75, 3.05) is 26.2 Å². The molecule has 0 aromatic carbocycles. The highest BCUT2D eigenvalue weighted by Gasteiger charge is 2.25. The smallest absolute Gasteiger partial charge is 0.0471 e. The zero-order valence-corrected chi connectivity index (χ0v) is 11.9. The minimum absolute atomic E-state index is 0.270.